The molecular formula is C16H23ClN2. The van der Waals surface area contributed by atoms with Gasteiger partial charge in [0.25, 0.3) is 0 Å². The molecule has 3 unspecified atom stereocenters. The Morgan fingerprint density at radius 2 is 1.89 bits per heavy atom. The minimum Gasteiger partial charge on any atom is -0.371 e. The van der Waals surface area contributed by atoms with E-state index in [1.165, 1.54) is 37.1 Å². The van der Waals surface area contributed by atoms with Crippen LogP contribution in [0.2, 0.25) is 0 Å². The van der Waals surface area contributed by atoms with E-state index >= 15 is 0 Å². The first-order chi connectivity index (χ1) is 8.83. The lowest BCUT2D eigenvalue weighted by Gasteiger charge is -2.17. The number of nitrogens with zero attached hydrogens (tertiary/aromatic N) is 1. The number of halogens is 1. The molecule has 1 heterocycles. The van der Waals surface area contributed by atoms with Gasteiger partial charge in [-0.3, -0.25) is 4.99 Å². The van der Waals surface area contributed by atoms with Crippen LogP contribution in [0.25, 0.3) is 0 Å². The molecule has 1 saturated heterocycles. The molecule has 19 heavy (non-hydrogen) atoms. The van der Waals surface area contributed by atoms with E-state index in [0.717, 1.165) is 6.42 Å². The van der Waals surface area contributed by atoms with Crippen LogP contribution in [0.3, 0.4) is 0 Å². The summed E-state index contributed by atoms with van der Waals surface area (Å²) >= 11 is 0. The van der Waals surface area contributed by atoms with Gasteiger partial charge in [-0.05, 0) is 31.7 Å². The van der Waals surface area contributed by atoms with Gasteiger partial charge in [0, 0.05) is 18.4 Å². The topological polar surface area (TPSA) is 24.4 Å². The van der Waals surface area contributed by atoms with Crippen LogP contribution in [-0.2, 0) is 0 Å². The standard InChI is InChI=1S/C16H22N2.ClH/c1-12-10-11-16(17-12)18-15-9-5-8-14(15)13-6-3-2-4-7-13;/h2-4,6-7,12,14-15H,5,8-11H2,1H3,(H,17,18);1H. The molecule has 0 bridgehead atoms. The highest BCUT2D eigenvalue weighted by atomic mass is 35.5. The largest absolute Gasteiger partial charge is 0.371 e. The van der Waals surface area contributed by atoms with E-state index in [2.05, 4.69) is 42.6 Å². The van der Waals surface area contributed by atoms with Crippen LogP contribution in [0.5, 0.6) is 0 Å². The van der Waals surface area contributed by atoms with Gasteiger partial charge in [0.2, 0.25) is 0 Å². The Labute approximate surface area is 122 Å². The van der Waals surface area contributed by atoms with E-state index in [-0.39, 0.29) is 12.4 Å². The van der Waals surface area contributed by atoms with Crippen molar-refractivity contribution in [2.24, 2.45) is 4.99 Å². The van der Waals surface area contributed by atoms with Crippen molar-refractivity contribution in [3.05, 3.63) is 35.9 Å². The molecule has 104 valence electrons. The molecule has 2 nitrogen and oxygen atoms in total. The number of hydrogen-bond donors (Lipinski definition) is 1. The van der Waals surface area contributed by atoms with Gasteiger partial charge in [-0.2, -0.15) is 0 Å². The highest BCUT2D eigenvalue weighted by Crippen LogP contribution is 2.36. The lowest BCUT2D eigenvalue weighted by atomic mass is 9.94. The van der Waals surface area contributed by atoms with Gasteiger partial charge in [0.15, 0.2) is 0 Å². The molecule has 3 atom stereocenters. The molecule has 0 radical (unpaired) electrons. The summed E-state index contributed by atoms with van der Waals surface area (Å²) in [4.78, 5) is 4.99. The number of benzene rings is 1. The smallest absolute Gasteiger partial charge is 0.0969 e. The summed E-state index contributed by atoms with van der Waals surface area (Å²) in [6.45, 7) is 2.24. The molecule has 1 aromatic carbocycles. The van der Waals surface area contributed by atoms with E-state index in [9.17, 15) is 0 Å². The van der Waals surface area contributed by atoms with Gasteiger partial charge in [0.1, 0.15) is 0 Å². The highest BCUT2D eigenvalue weighted by Gasteiger charge is 2.29. The third-order valence-electron chi connectivity index (χ3n) is 4.26. The second kappa shape index (κ2) is 6.42. The van der Waals surface area contributed by atoms with Gasteiger partial charge in [-0.1, -0.05) is 36.8 Å². The minimum absolute atomic E-state index is 0. The number of nitrogens with one attached hydrogen (secondary N) is 1. The number of rotatable bonds is 2. The third kappa shape index (κ3) is 3.30. The zero-order valence-corrected chi connectivity index (χ0v) is 12.3. The van der Waals surface area contributed by atoms with E-state index in [4.69, 9.17) is 4.99 Å². The molecule has 1 N–H and O–H groups in total. The Morgan fingerprint density at radius 3 is 2.58 bits per heavy atom. The first-order valence-corrected chi connectivity index (χ1v) is 7.21. The van der Waals surface area contributed by atoms with Crippen LogP contribution in [0.1, 0.15) is 50.5 Å². The van der Waals surface area contributed by atoms with Crippen molar-refractivity contribution >= 4 is 18.2 Å². The summed E-state index contributed by atoms with van der Waals surface area (Å²) in [5.74, 6) is 1.88. The Morgan fingerprint density at radius 1 is 1.11 bits per heavy atom. The predicted molar refractivity (Wildman–Crippen MR) is 83.3 cm³/mol. The highest BCUT2D eigenvalue weighted by molar-refractivity contribution is 5.85. The van der Waals surface area contributed by atoms with Crippen molar-refractivity contribution in [1.29, 1.82) is 0 Å². The lowest BCUT2D eigenvalue weighted by molar-refractivity contribution is 0.611. The third-order valence-corrected chi connectivity index (χ3v) is 4.26. The van der Waals surface area contributed by atoms with Gasteiger partial charge in [-0.15, -0.1) is 12.4 Å². The lowest BCUT2D eigenvalue weighted by Crippen LogP contribution is -2.24. The van der Waals surface area contributed by atoms with Gasteiger partial charge >= 0.3 is 0 Å². The van der Waals surface area contributed by atoms with Crippen molar-refractivity contribution in [3.63, 3.8) is 0 Å². The van der Waals surface area contributed by atoms with Crippen LogP contribution in [0, 0.1) is 0 Å². The number of amidine groups is 1. The minimum atomic E-state index is 0. The molecule has 0 spiro atoms. The van der Waals surface area contributed by atoms with E-state index < -0.39 is 0 Å². The van der Waals surface area contributed by atoms with Crippen LogP contribution in [0.4, 0.5) is 0 Å². The van der Waals surface area contributed by atoms with Crippen LogP contribution in [0.15, 0.2) is 35.3 Å². The Balaban J connectivity index is 0.00000133. The zero-order chi connectivity index (χ0) is 12.4. The molecular weight excluding hydrogens is 256 g/mol. The Hall–Kier alpha value is -1.02. The quantitative estimate of drug-likeness (QED) is 0.871. The molecule has 3 rings (SSSR count). The van der Waals surface area contributed by atoms with Crippen LogP contribution >= 0.6 is 12.4 Å². The summed E-state index contributed by atoms with van der Waals surface area (Å²) in [5, 5.41) is 3.50. The fourth-order valence-corrected chi connectivity index (χ4v) is 3.27. The van der Waals surface area contributed by atoms with Crippen molar-refractivity contribution in [2.75, 3.05) is 0 Å². The monoisotopic (exact) mass is 278 g/mol. The Kier molecular flexibility index (Phi) is 4.87. The molecule has 1 aromatic rings. The van der Waals surface area contributed by atoms with E-state index in [0.29, 0.717) is 18.0 Å². The van der Waals surface area contributed by atoms with Gasteiger partial charge < -0.3 is 5.32 Å². The molecule has 1 aliphatic carbocycles. The summed E-state index contributed by atoms with van der Waals surface area (Å²) in [7, 11) is 0. The predicted octanol–water partition coefficient (Wildman–Crippen LogP) is 3.91. The normalized spacial score (nSPS) is 32.1. The van der Waals surface area contributed by atoms with Gasteiger partial charge in [0.05, 0.1) is 11.9 Å². The number of aliphatic imine (C=N–C) groups is 1. The summed E-state index contributed by atoms with van der Waals surface area (Å²) < 4.78 is 0. The van der Waals surface area contributed by atoms with Crippen molar-refractivity contribution < 1.29 is 0 Å². The molecule has 2 aliphatic rings. The molecule has 2 fully saturated rings. The van der Waals surface area contributed by atoms with Crippen LogP contribution < -0.4 is 5.32 Å². The summed E-state index contributed by atoms with van der Waals surface area (Å²) in [6.07, 6.45) is 6.23. The molecule has 0 amide bonds. The molecule has 1 aliphatic heterocycles. The fourth-order valence-electron chi connectivity index (χ4n) is 3.27. The van der Waals surface area contributed by atoms with E-state index in [1.807, 2.05) is 0 Å². The first-order valence-electron chi connectivity index (χ1n) is 7.21. The summed E-state index contributed by atoms with van der Waals surface area (Å²) in [5.41, 5.74) is 1.47. The SMILES string of the molecule is CC1CC/C(=N\C2CCCC2c2ccccc2)N1.Cl. The van der Waals surface area contributed by atoms with E-state index in [1.54, 1.807) is 0 Å². The second-order valence-electron chi connectivity index (χ2n) is 5.68. The maximum Gasteiger partial charge on any atom is 0.0969 e. The zero-order valence-electron chi connectivity index (χ0n) is 11.5. The maximum atomic E-state index is 4.99. The molecule has 0 aromatic heterocycles. The molecule has 1 saturated carbocycles. The first kappa shape index (κ1) is 14.4. The molecule has 3 heteroatoms. The van der Waals surface area contributed by atoms with Gasteiger partial charge in [-0.25, -0.2) is 0 Å². The average molecular weight is 279 g/mol. The summed E-state index contributed by atoms with van der Waals surface area (Å²) in [6, 6.07) is 12.0. The fraction of sp³-hybridized carbons (Fsp3) is 0.562. The Bertz CT molecular complexity index is 430. The maximum absolute atomic E-state index is 4.99. The second-order valence-corrected chi connectivity index (χ2v) is 5.68. The average Bonchev–Trinajstić information content (AvgIpc) is 3.00. The van der Waals surface area contributed by atoms with Crippen molar-refractivity contribution in [1.82, 2.24) is 5.32 Å². The van der Waals surface area contributed by atoms with Crippen LogP contribution in [-0.4, -0.2) is 17.9 Å². The number of hydrogen-bond acceptors (Lipinski definition) is 1. The van der Waals surface area contributed by atoms with Crippen molar-refractivity contribution in [3.8, 4) is 0 Å². The van der Waals surface area contributed by atoms with Crippen molar-refractivity contribution in [2.45, 2.75) is 57.0 Å².